The number of carbonyl (C=O) groups excluding carboxylic acids is 5. The first-order valence-corrected chi connectivity index (χ1v) is 12.8. The van der Waals surface area contributed by atoms with Crippen LogP contribution in [0.3, 0.4) is 0 Å². The number of nitrogens with zero attached hydrogens (tertiary/aromatic N) is 2. The first kappa shape index (κ1) is 32.6. The van der Waals surface area contributed by atoms with Gasteiger partial charge in [-0.2, -0.15) is 0 Å². The molecule has 37 heavy (non-hydrogen) atoms. The largest absolute Gasteiger partial charge is 0.378 e. The van der Waals surface area contributed by atoms with Crippen LogP contribution >= 0.6 is 0 Å². The summed E-state index contributed by atoms with van der Waals surface area (Å²) in [6.07, 6.45) is 0.0179. The summed E-state index contributed by atoms with van der Waals surface area (Å²) in [7, 11) is 1.86. The molecule has 0 aliphatic carbocycles. The van der Waals surface area contributed by atoms with Gasteiger partial charge >= 0.3 is 5.97 Å². The first-order valence-electron chi connectivity index (χ1n) is 12.8. The molecule has 12 heteroatoms. The van der Waals surface area contributed by atoms with E-state index in [9.17, 15) is 24.0 Å². The number of hydroxylamine groups is 2. The maximum atomic E-state index is 12.8. The molecule has 1 aliphatic heterocycles. The highest BCUT2D eigenvalue weighted by Crippen LogP contribution is 2.13. The van der Waals surface area contributed by atoms with Gasteiger partial charge in [0.1, 0.15) is 0 Å². The number of imide groups is 1. The summed E-state index contributed by atoms with van der Waals surface area (Å²) in [5, 5.41) is 3.40. The second-order valence-electron chi connectivity index (χ2n) is 9.64. The van der Waals surface area contributed by atoms with Gasteiger partial charge in [-0.05, 0) is 25.8 Å². The molecule has 0 spiro atoms. The number of amides is 3. The van der Waals surface area contributed by atoms with Gasteiger partial charge in [-0.15, -0.1) is 5.06 Å². The molecule has 1 rings (SSSR count). The Morgan fingerprint density at radius 1 is 0.865 bits per heavy atom. The minimum Gasteiger partial charge on any atom is -0.378 e. The number of carbonyl (C=O) groups is 5. The molecule has 2 atom stereocenters. The third-order valence-electron chi connectivity index (χ3n) is 5.76. The highest BCUT2D eigenvalue weighted by molar-refractivity contribution is 6.01. The fraction of sp³-hybridized carbons (Fsp3) is 0.800. The highest BCUT2D eigenvalue weighted by atomic mass is 16.7. The minimum absolute atomic E-state index is 0.0171. The van der Waals surface area contributed by atoms with Crippen LogP contribution in [0.2, 0.25) is 0 Å². The summed E-state index contributed by atoms with van der Waals surface area (Å²) in [4.78, 5) is 65.8. The van der Waals surface area contributed by atoms with E-state index >= 15 is 0 Å². The number of likely N-dealkylation sites (N-methyl/N-ethyl adjacent to an activating group) is 1. The van der Waals surface area contributed by atoms with Crippen molar-refractivity contribution in [3.05, 3.63) is 0 Å². The van der Waals surface area contributed by atoms with Crippen molar-refractivity contribution >= 4 is 29.5 Å². The number of nitrogens with one attached hydrogen (secondary N) is 1. The van der Waals surface area contributed by atoms with Crippen molar-refractivity contribution in [2.75, 3.05) is 53.2 Å². The Morgan fingerprint density at radius 2 is 1.38 bits per heavy atom. The standard InChI is InChI=1S/C25H43N3O9/c1-17(2)23(19(5)29)26-25(33)24(18(3)4)27(6)10-12-35-14-16-36-15-13-34-11-9-22(32)37-28-20(30)7-8-21(28)31/h17-18,23-24H,7-16H2,1-6H3,(H,26,33)/t23-,24?/m0/s1. The van der Waals surface area contributed by atoms with E-state index in [-0.39, 0.29) is 62.0 Å². The average Bonchev–Trinajstić information content (AvgIpc) is 3.12. The van der Waals surface area contributed by atoms with E-state index in [4.69, 9.17) is 19.0 Å². The summed E-state index contributed by atoms with van der Waals surface area (Å²) < 4.78 is 16.3. The molecular weight excluding hydrogens is 486 g/mol. The third-order valence-corrected chi connectivity index (χ3v) is 5.76. The Hall–Kier alpha value is -2.41. The van der Waals surface area contributed by atoms with Crippen molar-refractivity contribution in [1.82, 2.24) is 15.3 Å². The Balaban J connectivity index is 2.13. The van der Waals surface area contributed by atoms with E-state index in [1.165, 1.54) is 6.92 Å². The van der Waals surface area contributed by atoms with Gasteiger partial charge < -0.3 is 24.4 Å². The van der Waals surface area contributed by atoms with Crippen molar-refractivity contribution in [3.8, 4) is 0 Å². The molecule has 212 valence electrons. The highest BCUT2D eigenvalue weighted by Gasteiger charge is 2.33. The quantitative estimate of drug-likeness (QED) is 0.188. The van der Waals surface area contributed by atoms with Crippen LogP contribution in [0.5, 0.6) is 0 Å². The lowest BCUT2D eigenvalue weighted by Crippen LogP contribution is -2.54. The zero-order valence-electron chi connectivity index (χ0n) is 22.9. The van der Waals surface area contributed by atoms with Crippen LogP contribution in [0, 0.1) is 11.8 Å². The molecule has 0 bridgehead atoms. The molecule has 3 amide bonds. The van der Waals surface area contributed by atoms with E-state index in [0.29, 0.717) is 38.0 Å². The van der Waals surface area contributed by atoms with E-state index in [2.05, 4.69) is 5.32 Å². The second kappa shape index (κ2) is 17.2. The van der Waals surface area contributed by atoms with E-state index in [1.807, 2.05) is 39.6 Å². The maximum Gasteiger partial charge on any atom is 0.335 e. The SMILES string of the molecule is CC(=O)[C@@H](NC(=O)C(C(C)C)N(C)CCOCCOCCOCCC(=O)ON1C(=O)CCC1=O)C(C)C. The number of ketones is 1. The van der Waals surface area contributed by atoms with Crippen LogP contribution in [0.15, 0.2) is 0 Å². The van der Waals surface area contributed by atoms with Gasteiger partial charge in [0.15, 0.2) is 5.78 Å². The summed E-state index contributed by atoms with van der Waals surface area (Å²) in [5.41, 5.74) is 0. The molecule has 1 fully saturated rings. The molecule has 0 radical (unpaired) electrons. The van der Waals surface area contributed by atoms with E-state index in [1.54, 1.807) is 0 Å². The average molecular weight is 530 g/mol. The smallest absolute Gasteiger partial charge is 0.335 e. The molecule has 0 aromatic heterocycles. The summed E-state index contributed by atoms with van der Waals surface area (Å²) >= 11 is 0. The fourth-order valence-electron chi connectivity index (χ4n) is 3.84. The lowest BCUT2D eigenvalue weighted by atomic mass is 9.97. The van der Waals surface area contributed by atoms with Gasteiger partial charge in [0.25, 0.3) is 11.8 Å². The number of hydrogen-bond donors (Lipinski definition) is 1. The van der Waals surface area contributed by atoms with Gasteiger partial charge in [-0.25, -0.2) is 4.79 Å². The molecule has 12 nitrogen and oxygen atoms in total. The molecule has 1 heterocycles. The molecule has 0 saturated carbocycles. The predicted octanol–water partition coefficient (Wildman–Crippen LogP) is 0.720. The summed E-state index contributed by atoms with van der Waals surface area (Å²) in [6, 6.07) is -0.883. The monoisotopic (exact) mass is 529 g/mol. The first-order chi connectivity index (χ1) is 17.5. The Kier molecular flexibility index (Phi) is 15.1. The molecule has 1 N–H and O–H groups in total. The maximum absolute atomic E-state index is 12.8. The molecule has 1 saturated heterocycles. The number of rotatable bonds is 19. The number of ether oxygens (including phenoxy) is 3. The fourth-order valence-corrected chi connectivity index (χ4v) is 3.84. The third kappa shape index (κ3) is 12.1. The van der Waals surface area contributed by atoms with Crippen LogP contribution in [-0.4, -0.2) is 105 Å². The van der Waals surface area contributed by atoms with E-state index in [0.717, 1.165) is 0 Å². The van der Waals surface area contributed by atoms with Crippen molar-refractivity contribution in [1.29, 1.82) is 0 Å². The van der Waals surface area contributed by atoms with Crippen LogP contribution in [0.25, 0.3) is 0 Å². The van der Waals surface area contributed by atoms with E-state index < -0.39 is 23.8 Å². The van der Waals surface area contributed by atoms with Gasteiger partial charge in [0, 0.05) is 19.4 Å². The zero-order chi connectivity index (χ0) is 28.0. The molecule has 1 unspecified atom stereocenters. The molecule has 0 aromatic rings. The number of Topliss-reactive ketones (excluding diaryl/α,β-unsaturated/α-hetero) is 1. The summed E-state index contributed by atoms with van der Waals surface area (Å²) in [5.74, 6) is -1.89. The topological polar surface area (TPSA) is 141 Å². The van der Waals surface area contributed by atoms with Crippen LogP contribution in [-0.2, 0) is 43.0 Å². The molecular formula is C25H43N3O9. The van der Waals surface area contributed by atoms with Crippen molar-refractivity contribution in [2.45, 2.75) is 66.0 Å². The lowest BCUT2D eigenvalue weighted by molar-refractivity contribution is -0.198. The second-order valence-corrected chi connectivity index (χ2v) is 9.64. The van der Waals surface area contributed by atoms with Gasteiger partial charge in [-0.1, -0.05) is 27.7 Å². The Labute approximate surface area is 219 Å². The van der Waals surface area contributed by atoms with Crippen molar-refractivity contribution in [3.63, 3.8) is 0 Å². The minimum atomic E-state index is -0.710. The molecule has 1 aliphatic rings. The van der Waals surface area contributed by atoms with Gasteiger partial charge in [0.2, 0.25) is 5.91 Å². The van der Waals surface area contributed by atoms with Crippen LogP contribution in [0.4, 0.5) is 0 Å². The lowest BCUT2D eigenvalue weighted by Gasteiger charge is -2.32. The van der Waals surface area contributed by atoms with Gasteiger partial charge in [-0.3, -0.25) is 24.1 Å². The normalized spacial score (nSPS) is 15.5. The van der Waals surface area contributed by atoms with Crippen molar-refractivity contribution in [2.24, 2.45) is 11.8 Å². The summed E-state index contributed by atoms with van der Waals surface area (Å²) in [6.45, 7) is 11.6. The van der Waals surface area contributed by atoms with Crippen LogP contribution < -0.4 is 5.32 Å². The number of hydrogen-bond acceptors (Lipinski definition) is 10. The van der Waals surface area contributed by atoms with Crippen LogP contribution in [0.1, 0.15) is 53.9 Å². The van der Waals surface area contributed by atoms with Gasteiger partial charge in [0.05, 0.1) is 58.1 Å². The van der Waals surface area contributed by atoms with Crippen molar-refractivity contribution < 1.29 is 43.0 Å². The predicted molar refractivity (Wildman–Crippen MR) is 133 cm³/mol. The Bertz CT molecular complexity index is 757. The zero-order valence-corrected chi connectivity index (χ0v) is 22.9. The Morgan fingerprint density at radius 3 is 1.86 bits per heavy atom. The molecule has 0 aromatic carbocycles.